The summed E-state index contributed by atoms with van der Waals surface area (Å²) in [6.45, 7) is 7.87. The molecule has 0 radical (unpaired) electrons. The monoisotopic (exact) mass is 347 g/mol. The number of ether oxygens (including phenoxy) is 1. The summed E-state index contributed by atoms with van der Waals surface area (Å²) in [7, 11) is 0. The number of hydrogen-bond acceptors (Lipinski definition) is 4. The average molecular weight is 347 g/mol. The quantitative estimate of drug-likeness (QED) is 0.880. The summed E-state index contributed by atoms with van der Waals surface area (Å²) in [5.74, 6) is 0. The van der Waals surface area contributed by atoms with Gasteiger partial charge in [0, 0.05) is 38.4 Å². The number of benzene rings is 1. The molecule has 1 aromatic rings. The van der Waals surface area contributed by atoms with E-state index in [2.05, 4.69) is 30.1 Å². The van der Waals surface area contributed by atoms with E-state index in [4.69, 9.17) is 4.74 Å². The van der Waals surface area contributed by atoms with Gasteiger partial charge >= 0.3 is 6.03 Å². The van der Waals surface area contributed by atoms with Crippen molar-refractivity contribution in [2.75, 3.05) is 31.5 Å². The molecule has 0 aromatic heterocycles. The minimum atomic E-state index is -0.411. The van der Waals surface area contributed by atoms with Crippen molar-refractivity contribution in [1.82, 2.24) is 9.80 Å². The third kappa shape index (κ3) is 4.93. The molecule has 138 valence electrons. The Morgan fingerprint density at radius 3 is 2.68 bits per heavy atom. The summed E-state index contributed by atoms with van der Waals surface area (Å²) in [6.07, 6.45) is 1.65. The molecule has 1 aromatic carbocycles. The number of likely N-dealkylation sites (tertiary alicyclic amines) is 1. The Kier molecular flexibility index (Phi) is 5.93. The van der Waals surface area contributed by atoms with Crippen molar-refractivity contribution in [3.63, 3.8) is 0 Å². The summed E-state index contributed by atoms with van der Waals surface area (Å²) in [6, 6.07) is 7.82. The highest BCUT2D eigenvalue weighted by Crippen LogP contribution is 2.21. The van der Waals surface area contributed by atoms with Crippen molar-refractivity contribution in [2.45, 2.75) is 51.5 Å². The molecule has 2 aliphatic heterocycles. The van der Waals surface area contributed by atoms with E-state index in [1.165, 1.54) is 0 Å². The van der Waals surface area contributed by atoms with Crippen molar-refractivity contribution < 1.29 is 14.6 Å². The fourth-order valence-electron chi connectivity index (χ4n) is 3.77. The lowest BCUT2D eigenvalue weighted by atomic mass is 10.1. The van der Waals surface area contributed by atoms with E-state index in [9.17, 15) is 9.90 Å². The predicted molar refractivity (Wildman–Crippen MR) is 97.6 cm³/mol. The second-order valence-corrected chi connectivity index (χ2v) is 7.28. The zero-order chi connectivity index (χ0) is 17.8. The molecule has 2 amide bonds. The maximum atomic E-state index is 12.5. The number of urea groups is 1. The second-order valence-electron chi connectivity index (χ2n) is 7.28. The Hall–Kier alpha value is -1.63. The van der Waals surface area contributed by atoms with Gasteiger partial charge in [0.2, 0.25) is 0 Å². The summed E-state index contributed by atoms with van der Waals surface area (Å²) < 4.78 is 5.80. The van der Waals surface area contributed by atoms with Crippen LogP contribution >= 0.6 is 0 Å². The Morgan fingerprint density at radius 2 is 1.96 bits per heavy atom. The molecule has 2 fully saturated rings. The third-order valence-electron chi connectivity index (χ3n) is 4.83. The zero-order valence-electron chi connectivity index (χ0n) is 15.1. The molecule has 0 bridgehead atoms. The maximum Gasteiger partial charge on any atom is 0.321 e. The summed E-state index contributed by atoms with van der Waals surface area (Å²) in [4.78, 5) is 16.6. The predicted octanol–water partition coefficient (Wildman–Crippen LogP) is 2.28. The van der Waals surface area contributed by atoms with Gasteiger partial charge in [0.1, 0.15) is 0 Å². The van der Waals surface area contributed by atoms with Crippen LogP contribution in [-0.4, -0.2) is 65.4 Å². The molecule has 3 atom stereocenters. The molecule has 0 saturated carbocycles. The molecule has 3 rings (SSSR count). The van der Waals surface area contributed by atoms with Crippen molar-refractivity contribution in [2.24, 2.45) is 0 Å². The van der Waals surface area contributed by atoms with Gasteiger partial charge in [-0.2, -0.15) is 0 Å². The number of para-hydroxylation sites is 1. The van der Waals surface area contributed by atoms with Crippen LogP contribution in [0.3, 0.4) is 0 Å². The number of rotatable bonds is 3. The molecule has 2 N–H and O–H groups in total. The SMILES string of the molecule is C[C@@H]1CN(Cc2ccccc2NC(=O)N2CCC[C@@H](O)C2)C[C@@H](C)O1. The molecule has 25 heavy (non-hydrogen) atoms. The molecule has 2 heterocycles. The largest absolute Gasteiger partial charge is 0.391 e. The molecule has 2 saturated heterocycles. The molecule has 6 nitrogen and oxygen atoms in total. The lowest BCUT2D eigenvalue weighted by Gasteiger charge is -2.35. The number of carbonyl (C=O) groups excluding carboxylic acids is 1. The van der Waals surface area contributed by atoms with Crippen molar-refractivity contribution in [1.29, 1.82) is 0 Å². The number of amides is 2. The van der Waals surface area contributed by atoms with Crippen molar-refractivity contribution in [3.05, 3.63) is 29.8 Å². The Labute approximate surface area is 149 Å². The van der Waals surface area contributed by atoms with E-state index in [1.54, 1.807) is 4.90 Å². The van der Waals surface area contributed by atoms with Gasteiger partial charge in [0.15, 0.2) is 0 Å². The summed E-state index contributed by atoms with van der Waals surface area (Å²) >= 11 is 0. The molecule has 2 aliphatic rings. The van der Waals surface area contributed by atoms with E-state index in [1.807, 2.05) is 18.2 Å². The topological polar surface area (TPSA) is 65.0 Å². The average Bonchev–Trinajstić information content (AvgIpc) is 2.55. The van der Waals surface area contributed by atoms with E-state index in [-0.39, 0.29) is 18.2 Å². The van der Waals surface area contributed by atoms with Gasteiger partial charge in [-0.25, -0.2) is 4.79 Å². The van der Waals surface area contributed by atoms with Gasteiger partial charge in [-0.3, -0.25) is 4.90 Å². The van der Waals surface area contributed by atoms with E-state index < -0.39 is 6.10 Å². The van der Waals surface area contributed by atoms with Crippen LogP contribution in [0.1, 0.15) is 32.3 Å². The lowest BCUT2D eigenvalue weighted by molar-refractivity contribution is -0.0704. The van der Waals surface area contributed by atoms with Crippen LogP contribution in [0.4, 0.5) is 10.5 Å². The van der Waals surface area contributed by atoms with Crippen LogP contribution in [0.5, 0.6) is 0 Å². The van der Waals surface area contributed by atoms with E-state index in [0.29, 0.717) is 13.1 Å². The first-order valence-electron chi connectivity index (χ1n) is 9.21. The Bertz CT molecular complexity index is 585. The van der Waals surface area contributed by atoms with Gasteiger partial charge in [-0.05, 0) is 38.3 Å². The molecule has 0 unspecified atom stereocenters. The number of nitrogens with one attached hydrogen (secondary N) is 1. The first-order chi connectivity index (χ1) is 12.0. The van der Waals surface area contributed by atoms with Crippen LogP contribution in [-0.2, 0) is 11.3 Å². The van der Waals surface area contributed by atoms with Crippen LogP contribution in [0.15, 0.2) is 24.3 Å². The van der Waals surface area contributed by atoms with Gasteiger partial charge in [0.05, 0.1) is 18.3 Å². The van der Waals surface area contributed by atoms with Crippen molar-refractivity contribution in [3.8, 4) is 0 Å². The zero-order valence-corrected chi connectivity index (χ0v) is 15.1. The highest BCUT2D eigenvalue weighted by atomic mass is 16.5. The van der Waals surface area contributed by atoms with Crippen LogP contribution in [0, 0.1) is 0 Å². The molecular weight excluding hydrogens is 318 g/mol. The number of morpholine rings is 1. The number of aliphatic hydroxyl groups is 1. The molecular formula is C19H29N3O3. The number of β-amino-alcohol motifs (C(OH)–C–C–N with tert-alkyl or cyclic N) is 1. The third-order valence-corrected chi connectivity index (χ3v) is 4.83. The Balaban J connectivity index is 1.65. The number of anilines is 1. The molecule has 0 aliphatic carbocycles. The number of hydrogen-bond donors (Lipinski definition) is 2. The van der Waals surface area contributed by atoms with Gasteiger partial charge in [-0.1, -0.05) is 18.2 Å². The first-order valence-corrected chi connectivity index (χ1v) is 9.21. The molecule has 0 spiro atoms. The first kappa shape index (κ1) is 18.2. The van der Waals surface area contributed by atoms with Crippen LogP contribution < -0.4 is 5.32 Å². The number of carbonyl (C=O) groups is 1. The normalized spacial score (nSPS) is 28.0. The number of nitrogens with zero attached hydrogens (tertiary/aromatic N) is 2. The standard InChI is InChI=1S/C19H29N3O3/c1-14-10-21(11-15(2)25-14)12-16-6-3-4-8-18(16)20-19(24)22-9-5-7-17(23)13-22/h3-4,6,8,14-15,17,23H,5,7,9-13H2,1-2H3,(H,20,24)/t14-,15-,17-/m1/s1. The smallest absolute Gasteiger partial charge is 0.321 e. The second kappa shape index (κ2) is 8.17. The lowest BCUT2D eigenvalue weighted by Crippen LogP contribution is -2.45. The Morgan fingerprint density at radius 1 is 1.24 bits per heavy atom. The van der Waals surface area contributed by atoms with E-state index >= 15 is 0 Å². The minimum absolute atomic E-state index is 0.130. The fourth-order valence-corrected chi connectivity index (χ4v) is 3.77. The number of aliphatic hydroxyl groups excluding tert-OH is 1. The highest BCUT2D eigenvalue weighted by Gasteiger charge is 2.24. The summed E-state index contributed by atoms with van der Waals surface area (Å²) in [5.41, 5.74) is 1.95. The summed E-state index contributed by atoms with van der Waals surface area (Å²) in [5, 5.41) is 12.8. The fraction of sp³-hybridized carbons (Fsp3) is 0.632. The maximum absolute atomic E-state index is 12.5. The van der Waals surface area contributed by atoms with Crippen molar-refractivity contribution >= 4 is 11.7 Å². The van der Waals surface area contributed by atoms with E-state index in [0.717, 1.165) is 43.7 Å². The molecule has 6 heteroatoms. The number of piperidine rings is 1. The van der Waals surface area contributed by atoms with Gasteiger partial charge in [0.25, 0.3) is 0 Å². The van der Waals surface area contributed by atoms with Crippen LogP contribution in [0.2, 0.25) is 0 Å². The minimum Gasteiger partial charge on any atom is -0.391 e. The van der Waals surface area contributed by atoms with Gasteiger partial charge in [-0.15, -0.1) is 0 Å². The van der Waals surface area contributed by atoms with Gasteiger partial charge < -0.3 is 20.1 Å². The van der Waals surface area contributed by atoms with Crippen LogP contribution in [0.25, 0.3) is 0 Å². The highest BCUT2D eigenvalue weighted by molar-refractivity contribution is 5.90.